The summed E-state index contributed by atoms with van der Waals surface area (Å²) < 4.78 is 46.1. The molecule has 10 heteroatoms. The Hall–Kier alpha value is -3.11. The van der Waals surface area contributed by atoms with Gasteiger partial charge >= 0.3 is 6.18 Å². The molecule has 0 unspecified atom stereocenters. The van der Waals surface area contributed by atoms with Gasteiger partial charge in [0.25, 0.3) is 0 Å². The van der Waals surface area contributed by atoms with Crippen LogP contribution >= 0.6 is 15.9 Å². The quantitative estimate of drug-likeness (QED) is 0.344. The standard InChI is InChI=1S/C24H20BrF3N4O2/c1-2-13-6-7-20(29-10-13)32-15(11-33)12-34-22-16(4-3-5-19(22)32)23-30-18-9-14(24(26,27)28)8-17(25)21(18)31-23/h3-10,15,33H,2,11-12H2,1H3,(H,30,31)/t15-/m0/s1. The Balaban J connectivity index is 1.63. The number of anilines is 2. The van der Waals surface area contributed by atoms with Gasteiger partial charge in [0, 0.05) is 10.7 Å². The summed E-state index contributed by atoms with van der Waals surface area (Å²) in [6, 6.07) is 11.1. The second-order valence-electron chi connectivity index (χ2n) is 7.99. The van der Waals surface area contributed by atoms with Gasteiger partial charge in [-0.3, -0.25) is 0 Å². The zero-order valence-electron chi connectivity index (χ0n) is 18.0. The van der Waals surface area contributed by atoms with Gasteiger partial charge in [0.1, 0.15) is 23.8 Å². The van der Waals surface area contributed by atoms with E-state index in [1.807, 2.05) is 36.1 Å². The molecule has 5 rings (SSSR count). The SMILES string of the molecule is CCc1ccc(N2c3cccc(-c4nc5c(Br)cc(C(F)(F)F)cc5[nH]4)c3OC[C@@H]2CO)nc1. The lowest BCUT2D eigenvalue weighted by Crippen LogP contribution is -2.43. The van der Waals surface area contributed by atoms with Crippen molar-refractivity contribution in [3.63, 3.8) is 0 Å². The van der Waals surface area contributed by atoms with Crippen molar-refractivity contribution in [1.29, 1.82) is 0 Å². The van der Waals surface area contributed by atoms with Crippen LogP contribution in [0.4, 0.5) is 24.7 Å². The van der Waals surface area contributed by atoms with Crippen LogP contribution in [0.5, 0.6) is 5.75 Å². The number of aryl methyl sites for hydroxylation is 1. The highest BCUT2D eigenvalue weighted by atomic mass is 79.9. The molecule has 2 N–H and O–H groups in total. The maximum Gasteiger partial charge on any atom is 0.416 e. The van der Waals surface area contributed by atoms with Crippen molar-refractivity contribution in [2.45, 2.75) is 25.6 Å². The molecule has 4 aromatic rings. The van der Waals surface area contributed by atoms with Gasteiger partial charge in [0.15, 0.2) is 5.75 Å². The number of ether oxygens (including phenoxy) is 1. The Labute approximate surface area is 201 Å². The zero-order valence-corrected chi connectivity index (χ0v) is 19.6. The van der Waals surface area contributed by atoms with E-state index in [0.29, 0.717) is 34.2 Å². The highest BCUT2D eigenvalue weighted by molar-refractivity contribution is 9.10. The first-order valence-electron chi connectivity index (χ1n) is 10.7. The van der Waals surface area contributed by atoms with Gasteiger partial charge < -0.3 is 19.7 Å². The number of aromatic nitrogens is 3. The van der Waals surface area contributed by atoms with Crippen LogP contribution in [0.3, 0.4) is 0 Å². The van der Waals surface area contributed by atoms with Crippen molar-refractivity contribution in [3.05, 3.63) is 64.3 Å². The number of benzene rings is 2. The first-order valence-corrected chi connectivity index (χ1v) is 11.5. The summed E-state index contributed by atoms with van der Waals surface area (Å²) in [5.74, 6) is 1.56. The second-order valence-corrected chi connectivity index (χ2v) is 8.84. The summed E-state index contributed by atoms with van der Waals surface area (Å²) in [6.45, 7) is 2.12. The minimum atomic E-state index is -4.48. The van der Waals surface area contributed by atoms with E-state index in [2.05, 4.69) is 30.9 Å². The molecule has 2 aromatic heterocycles. The molecule has 3 heterocycles. The highest BCUT2D eigenvalue weighted by Gasteiger charge is 2.33. The summed E-state index contributed by atoms with van der Waals surface area (Å²) in [7, 11) is 0. The van der Waals surface area contributed by atoms with Crippen molar-refractivity contribution in [1.82, 2.24) is 15.0 Å². The molecule has 0 fully saturated rings. The lowest BCUT2D eigenvalue weighted by molar-refractivity contribution is -0.137. The lowest BCUT2D eigenvalue weighted by atomic mass is 10.1. The normalized spacial score (nSPS) is 15.9. The number of aliphatic hydroxyl groups is 1. The van der Waals surface area contributed by atoms with Crippen molar-refractivity contribution < 1.29 is 23.0 Å². The molecule has 0 saturated heterocycles. The fourth-order valence-electron chi connectivity index (χ4n) is 4.08. The number of imidazole rings is 1. The Morgan fingerprint density at radius 1 is 1.24 bits per heavy atom. The zero-order chi connectivity index (χ0) is 24.0. The summed E-state index contributed by atoms with van der Waals surface area (Å²) in [5, 5.41) is 9.99. The molecular formula is C24H20BrF3N4O2. The van der Waals surface area contributed by atoms with Crippen molar-refractivity contribution in [2.24, 2.45) is 0 Å². The van der Waals surface area contributed by atoms with Crippen LogP contribution in [0.25, 0.3) is 22.4 Å². The Kier molecular flexibility index (Phi) is 5.73. The first-order chi connectivity index (χ1) is 16.3. The molecule has 0 bridgehead atoms. The Morgan fingerprint density at radius 2 is 2.06 bits per heavy atom. The topological polar surface area (TPSA) is 74.3 Å². The molecule has 0 aliphatic carbocycles. The summed E-state index contributed by atoms with van der Waals surface area (Å²) in [6.07, 6.45) is -1.81. The maximum atomic E-state index is 13.3. The number of halogens is 4. The number of hydrogen-bond donors (Lipinski definition) is 2. The number of rotatable bonds is 4. The third-order valence-corrected chi connectivity index (χ3v) is 6.44. The predicted molar refractivity (Wildman–Crippen MR) is 126 cm³/mol. The largest absolute Gasteiger partial charge is 0.488 e. The van der Waals surface area contributed by atoms with E-state index in [1.54, 1.807) is 12.3 Å². The lowest BCUT2D eigenvalue weighted by Gasteiger charge is -2.37. The second kappa shape index (κ2) is 8.59. The van der Waals surface area contributed by atoms with Crippen molar-refractivity contribution in [3.8, 4) is 17.1 Å². The third-order valence-electron chi connectivity index (χ3n) is 5.84. The van der Waals surface area contributed by atoms with E-state index in [4.69, 9.17) is 4.74 Å². The highest BCUT2D eigenvalue weighted by Crippen LogP contribution is 2.44. The number of aliphatic hydroxyl groups excluding tert-OH is 1. The number of hydrogen-bond acceptors (Lipinski definition) is 5. The van der Waals surface area contributed by atoms with Crippen LogP contribution in [-0.4, -0.2) is 39.3 Å². The molecule has 0 spiro atoms. The van der Waals surface area contributed by atoms with Crippen LogP contribution in [0, 0.1) is 0 Å². The average molecular weight is 533 g/mol. The summed E-state index contributed by atoms with van der Waals surface area (Å²) in [4.78, 5) is 14.0. The maximum absolute atomic E-state index is 13.3. The number of nitrogens with one attached hydrogen (secondary N) is 1. The van der Waals surface area contributed by atoms with Crippen LogP contribution in [0.2, 0.25) is 0 Å². The Morgan fingerprint density at radius 3 is 2.74 bits per heavy atom. The molecule has 0 radical (unpaired) electrons. The van der Waals surface area contributed by atoms with Gasteiger partial charge in [0.05, 0.1) is 35.0 Å². The minimum absolute atomic E-state index is 0.140. The van der Waals surface area contributed by atoms with Crippen LogP contribution in [-0.2, 0) is 12.6 Å². The van der Waals surface area contributed by atoms with Crippen molar-refractivity contribution in [2.75, 3.05) is 18.1 Å². The number of H-pyrrole nitrogens is 1. The van der Waals surface area contributed by atoms with E-state index in [0.717, 1.165) is 24.1 Å². The van der Waals surface area contributed by atoms with E-state index in [1.165, 1.54) is 0 Å². The van der Waals surface area contributed by atoms with Crippen LogP contribution in [0.1, 0.15) is 18.1 Å². The smallest absolute Gasteiger partial charge is 0.416 e. The number of pyridine rings is 1. The molecule has 0 saturated carbocycles. The van der Waals surface area contributed by atoms with E-state index < -0.39 is 11.7 Å². The van der Waals surface area contributed by atoms with Gasteiger partial charge in [-0.2, -0.15) is 13.2 Å². The number of para-hydroxylation sites is 1. The molecular weight excluding hydrogens is 513 g/mol. The predicted octanol–water partition coefficient (Wildman–Crippen LogP) is 5.86. The molecule has 2 aromatic carbocycles. The molecule has 1 aliphatic heterocycles. The van der Waals surface area contributed by atoms with E-state index in [-0.39, 0.29) is 29.2 Å². The molecule has 0 amide bonds. The number of nitrogens with zero attached hydrogens (tertiary/aromatic N) is 3. The average Bonchev–Trinajstić information content (AvgIpc) is 3.27. The van der Waals surface area contributed by atoms with Gasteiger partial charge in [-0.05, 0) is 58.2 Å². The van der Waals surface area contributed by atoms with Gasteiger partial charge in [0.2, 0.25) is 0 Å². The van der Waals surface area contributed by atoms with Crippen molar-refractivity contribution >= 4 is 38.5 Å². The van der Waals surface area contributed by atoms with Gasteiger partial charge in [-0.25, -0.2) is 9.97 Å². The first kappa shape index (κ1) is 22.7. The minimum Gasteiger partial charge on any atom is -0.488 e. The molecule has 34 heavy (non-hydrogen) atoms. The van der Waals surface area contributed by atoms with E-state index in [9.17, 15) is 18.3 Å². The number of alkyl halides is 3. The number of fused-ring (bicyclic) bond motifs is 2. The molecule has 176 valence electrons. The fourth-order valence-corrected chi connectivity index (χ4v) is 4.63. The van der Waals surface area contributed by atoms with Crippen LogP contribution < -0.4 is 9.64 Å². The molecule has 1 aliphatic rings. The summed E-state index contributed by atoms with van der Waals surface area (Å²) >= 11 is 3.21. The monoisotopic (exact) mass is 532 g/mol. The van der Waals surface area contributed by atoms with Gasteiger partial charge in [-0.1, -0.05) is 19.1 Å². The van der Waals surface area contributed by atoms with E-state index >= 15 is 0 Å². The summed E-state index contributed by atoms with van der Waals surface area (Å²) in [5.41, 5.74) is 2.26. The van der Waals surface area contributed by atoms with Crippen LogP contribution in [0.15, 0.2) is 53.1 Å². The van der Waals surface area contributed by atoms with Gasteiger partial charge in [-0.15, -0.1) is 0 Å². The molecule has 1 atom stereocenters. The molecule has 6 nitrogen and oxygen atoms in total. The fraction of sp³-hybridized carbons (Fsp3) is 0.250. The number of aromatic amines is 1. The third kappa shape index (κ3) is 3.90. The Bertz CT molecular complexity index is 1360.